The van der Waals surface area contributed by atoms with Crippen molar-refractivity contribution < 1.29 is 0 Å². The van der Waals surface area contributed by atoms with E-state index in [1.165, 1.54) is 42.1 Å². The van der Waals surface area contributed by atoms with Gasteiger partial charge in [-0.3, -0.25) is 0 Å². The van der Waals surface area contributed by atoms with Gasteiger partial charge in [-0.15, -0.1) is 11.3 Å². The van der Waals surface area contributed by atoms with Gasteiger partial charge in [-0.1, -0.05) is 170 Å². The molecule has 12 rings (SSSR count). The van der Waals surface area contributed by atoms with Crippen LogP contribution < -0.4 is 0 Å². The molecule has 0 aliphatic heterocycles. The van der Waals surface area contributed by atoms with Gasteiger partial charge in [-0.25, -0.2) is 15.0 Å². The molecule has 12 aromatic rings. The Bertz CT molecular complexity index is 3550. The molecule has 9 aromatic carbocycles. The zero-order valence-electron chi connectivity index (χ0n) is 32.3. The molecule has 3 heterocycles. The van der Waals surface area contributed by atoms with Crippen LogP contribution in [0.2, 0.25) is 0 Å². The van der Waals surface area contributed by atoms with Gasteiger partial charge >= 0.3 is 0 Å². The second-order valence-electron chi connectivity index (χ2n) is 15.2. The molecule has 0 fully saturated rings. The molecule has 0 atom stereocenters. The van der Waals surface area contributed by atoms with Crippen molar-refractivity contribution in [2.45, 2.75) is 0 Å². The molecule has 0 aliphatic carbocycles. The fourth-order valence-corrected chi connectivity index (χ4v) is 10.0. The van der Waals surface area contributed by atoms with Gasteiger partial charge in [0.1, 0.15) is 0 Å². The summed E-state index contributed by atoms with van der Waals surface area (Å²) >= 11 is 1.85. The number of fused-ring (bicyclic) bond motifs is 7. The van der Waals surface area contributed by atoms with E-state index in [4.69, 9.17) is 15.0 Å². The fourth-order valence-electron chi connectivity index (χ4n) is 8.88. The average molecular weight is 783 g/mol. The first kappa shape index (κ1) is 34.3. The van der Waals surface area contributed by atoms with Gasteiger partial charge in [0.25, 0.3) is 0 Å². The number of benzene rings is 9. The topological polar surface area (TPSA) is 43.6 Å². The highest BCUT2D eigenvalue weighted by Gasteiger charge is 2.20. The highest BCUT2D eigenvalue weighted by molar-refractivity contribution is 7.25. The van der Waals surface area contributed by atoms with Crippen LogP contribution in [-0.4, -0.2) is 19.5 Å². The Labute approximate surface area is 350 Å². The Balaban J connectivity index is 1.07. The van der Waals surface area contributed by atoms with E-state index >= 15 is 0 Å². The average Bonchev–Trinajstić information content (AvgIpc) is 3.87. The Hall–Kier alpha value is -7.73. The molecule has 0 radical (unpaired) electrons. The zero-order valence-corrected chi connectivity index (χ0v) is 33.1. The largest absolute Gasteiger partial charge is 0.309 e. The predicted molar refractivity (Wildman–Crippen MR) is 252 cm³/mol. The third-order valence-corrected chi connectivity index (χ3v) is 12.8. The predicted octanol–water partition coefficient (Wildman–Crippen LogP) is 14.8. The molecule has 4 nitrogen and oxygen atoms in total. The first-order valence-electron chi connectivity index (χ1n) is 20.2. The van der Waals surface area contributed by atoms with Gasteiger partial charge in [0.05, 0.1) is 16.7 Å². The fraction of sp³-hybridized carbons (Fsp3) is 0. The summed E-state index contributed by atoms with van der Waals surface area (Å²) in [6, 6.07) is 73.3. The van der Waals surface area contributed by atoms with E-state index in [0.29, 0.717) is 17.5 Å². The highest BCUT2D eigenvalue weighted by atomic mass is 32.1. The Morgan fingerprint density at radius 1 is 0.300 bits per heavy atom. The van der Waals surface area contributed by atoms with Crippen LogP contribution in [0.25, 0.3) is 115 Å². The Morgan fingerprint density at radius 2 is 0.800 bits per heavy atom. The van der Waals surface area contributed by atoms with Crippen molar-refractivity contribution in [3.8, 4) is 62.1 Å². The van der Waals surface area contributed by atoms with Crippen molar-refractivity contribution in [1.82, 2.24) is 19.5 Å². The summed E-state index contributed by atoms with van der Waals surface area (Å²) in [5, 5.41) is 7.27. The molecule has 0 amide bonds. The van der Waals surface area contributed by atoms with Crippen LogP contribution in [0.3, 0.4) is 0 Å². The number of thiophene rings is 1. The molecule has 0 spiro atoms. The van der Waals surface area contributed by atoms with Crippen molar-refractivity contribution in [3.05, 3.63) is 206 Å². The minimum atomic E-state index is 0.615. The summed E-state index contributed by atoms with van der Waals surface area (Å²) in [5.41, 5.74) is 10.8. The van der Waals surface area contributed by atoms with E-state index in [-0.39, 0.29) is 0 Å². The van der Waals surface area contributed by atoms with Gasteiger partial charge in [-0.2, -0.15) is 0 Å². The normalized spacial score (nSPS) is 11.7. The van der Waals surface area contributed by atoms with Gasteiger partial charge in [0.15, 0.2) is 17.5 Å². The molecule has 5 heteroatoms. The van der Waals surface area contributed by atoms with Crippen molar-refractivity contribution in [3.63, 3.8) is 0 Å². The summed E-state index contributed by atoms with van der Waals surface area (Å²) in [5.74, 6) is 1.88. The van der Waals surface area contributed by atoms with Crippen LogP contribution in [0.1, 0.15) is 0 Å². The van der Waals surface area contributed by atoms with E-state index in [1.54, 1.807) is 0 Å². The van der Waals surface area contributed by atoms with Crippen molar-refractivity contribution in [1.29, 1.82) is 0 Å². The van der Waals surface area contributed by atoms with E-state index in [1.807, 2.05) is 29.5 Å². The highest BCUT2D eigenvalue weighted by Crippen LogP contribution is 2.41. The summed E-state index contributed by atoms with van der Waals surface area (Å²) in [6.07, 6.45) is 0. The van der Waals surface area contributed by atoms with Crippen LogP contribution in [0, 0.1) is 0 Å². The molecule has 0 N–H and O–H groups in total. The quantitative estimate of drug-likeness (QED) is 0.169. The number of rotatable bonds is 6. The minimum Gasteiger partial charge on any atom is -0.309 e. The smallest absolute Gasteiger partial charge is 0.164 e. The first-order chi connectivity index (χ1) is 29.7. The van der Waals surface area contributed by atoms with Crippen LogP contribution in [0.5, 0.6) is 0 Å². The maximum atomic E-state index is 5.34. The third kappa shape index (κ3) is 5.63. The van der Waals surface area contributed by atoms with Crippen molar-refractivity contribution in [2.24, 2.45) is 0 Å². The Kier molecular flexibility index (Phi) is 8.00. The lowest BCUT2D eigenvalue weighted by Gasteiger charge is -2.17. The molecular formula is C55H34N4S. The summed E-state index contributed by atoms with van der Waals surface area (Å²) in [7, 11) is 0. The third-order valence-electron chi connectivity index (χ3n) is 11.7. The second-order valence-corrected chi connectivity index (χ2v) is 16.2. The summed E-state index contributed by atoms with van der Waals surface area (Å²) in [4.78, 5) is 15.8. The van der Waals surface area contributed by atoms with E-state index < -0.39 is 0 Å². The maximum Gasteiger partial charge on any atom is 0.164 e. The van der Waals surface area contributed by atoms with Gasteiger partial charge in [-0.05, 0) is 63.9 Å². The first-order valence-corrected chi connectivity index (χ1v) is 21.0. The van der Waals surface area contributed by atoms with Crippen molar-refractivity contribution in [2.75, 3.05) is 0 Å². The standard InChI is InChI=1S/C55H34N4S/c1-3-15-35(16-4-1)40-29-28-38(33-50(40)59-48-24-12-9-21-43(48)44-22-10-13-25-49(44)59)54-56-53(36-17-5-2-6-18-36)57-55(58-54)47-32-31-39(41-19-7-8-20-42(41)47)37-27-30-46-45-23-11-14-26-51(45)60-52(46)34-37/h1-34H. The molecule has 0 saturated heterocycles. The van der Waals surface area contributed by atoms with Crippen LogP contribution in [0.15, 0.2) is 206 Å². The lowest BCUT2D eigenvalue weighted by molar-refractivity contribution is 1.07. The number of para-hydroxylation sites is 2. The molecule has 0 bridgehead atoms. The van der Waals surface area contributed by atoms with Crippen LogP contribution in [-0.2, 0) is 0 Å². The number of hydrogen-bond acceptors (Lipinski definition) is 4. The molecule has 0 unspecified atom stereocenters. The molecule has 0 saturated carbocycles. The van der Waals surface area contributed by atoms with Crippen molar-refractivity contribution >= 4 is 64.1 Å². The zero-order chi connectivity index (χ0) is 39.6. The Morgan fingerprint density at radius 3 is 1.52 bits per heavy atom. The monoisotopic (exact) mass is 782 g/mol. The second kappa shape index (κ2) is 14.0. The number of hydrogen-bond donors (Lipinski definition) is 0. The van der Waals surface area contributed by atoms with Crippen LogP contribution >= 0.6 is 11.3 Å². The SMILES string of the molecule is c1ccc(-c2nc(-c3ccc(-c4ccccc4)c(-n4c5ccccc5c5ccccc54)c3)nc(-c3ccc(-c4ccc5c(c4)sc4ccccc45)c4ccccc34)n2)cc1. The summed E-state index contributed by atoms with van der Waals surface area (Å²) in [6.45, 7) is 0. The van der Waals surface area contributed by atoms with Gasteiger partial charge < -0.3 is 4.57 Å². The lowest BCUT2D eigenvalue weighted by Crippen LogP contribution is -2.02. The molecule has 0 aliphatic rings. The summed E-state index contributed by atoms with van der Waals surface area (Å²) < 4.78 is 4.98. The van der Waals surface area contributed by atoms with Gasteiger partial charge in [0.2, 0.25) is 0 Å². The van der Waals surface area contributed by atoms with E-state index in [2.05, 4.69) is 193 Å². The van der Waals surface area contributed by atoms with Crippen LogP contribution in [0.4, 0.5) is 0 Å². The minimum absolute atomic E-state index is 0.615. The number of aromatic nitrogens is 4. The molecular weight excluding hydrogens is 749 g/mol. The number of nitrogens with zero attached hydrogens (tertiary/aromatic N) is 4. The van der Waals surface area contributed by atoms with E-state index in [0.717, 1.165) is 55.3 Å². The molecule has 280 valence electrons. The van der Waals surface area contributed by atoms with Gasteiger partial charge in [0, 0.05) is 53.2 Å². The maximum absolute atomic E-state index is 5.34. The molecule has 3 aromatic heterocycles. The lowest BCUT2D eigenvalue weighted by atomic mass is 9.94. The molecule has 60 heavy (non-hydrogen) atoms. The van der Waals surface area contributed by atoms with E-state index in [9.17, 15) is 0 Å².